The van der Waals surface area contributed by atoms with Crippen molar-refractivity contribution in [3.8, 4) is 0 Å². The molecular weight excluding hydrogens is 627 g/mol. The molecule has 0 saturated carbocycles. The van der Waals surface area contributed by atoms with Gasteiger partial charge in [0.2, 0.25) is 9.84 Å². The summed E-state index contributed by atoms with van der Waals surface area (Å²) < 4.78 is 29.5. The number of thioether (sulfide) groups is 2. The molecule has 0 radical (unpaired) electrons. The van der Waals surface area contributed by atoms with E-state index in [4.69, 9.17) is 0 Å². The molecule has 4 aromatic carbocycles. The average Bonchev–Trinajstić information content (AvgIpc) is 3.09. The van der Waals surface area contributed by atoms with E-state index in [1.807, 2.05) is 24.3 Å². The molecule has 2 aliphatic carbocycles. The van der Waals surface area contributed by atoms with E-state index in [1.165, 1.54) is 25.3 Å². The van der Waals surface area contributed by atoms with Crippen molar-refractivity contribution in [1.82, 2.24) is 0 Å². The Hall–Kier alpha value is -4.11. The first-order valence-electron chi connectivity index (χ1n) is 15.8. The van der Waals surface area contributed by atoms with Crippen LogP contribution in [0.4, 0.5) is 34.1 Å². The Labute approximate surface area is 278 Å². The number of anilines is 6. The van der Waals surface area contributed by atoms with E-state index in [2.05, 4.69) is 107 Å². The summed E-state index contributed by atoms with van der Waals surface area (Å²) in [7, 11) is -3.85. The zero-order valence-corrected chi connectivity index (χ0v) is 27.8. The summed E-state index contributed by atoms with van der Waals surface area (Å²) in [5, 5.41) is 0. The third kappa shape index (κ3) is 4.20. The molecule has 8 heteroatoms. The van der Waals surface area contributed by atoms with Crippen molar-refractivity contribution >= 4 is 67.5 Å². The molecule has 0 spiro atoms. The van der Waals surface area contributed by atoms with Crippen LogP contribution < -0.4 is 14.7 Å². The quantitative estimate of drug-likeness (QED) is 0.217. The van der Waals surface area contributed by atoms with E-state index in [0.29, 0.717) is 16.3 Å². The van der Waals surface area contributed by atoms with Crippen molar-refractivity contribution in [2.24, 2.45) is 0 Å². The zero-order valence-electron chi connectivity index (χ0n) is 25.3. The van der Waals surface area contributed by atoms with Gasteiger partial charge in [0.05, 0.1) is 38.2 Å². The molecule has 3 heterocycles. The fourth-order valence-corrected chi connectivity index (χ4v) is 11.1. The first-order valence-corrected chi connectivity index (χ1v) is 18.9. The van der Waals surface area contributed by atoms with Gasteiger partial charge in [0, 0.05) is 43.2 Å². The number of rotatable bonds is 3. The minimum Gasteiger partial charge on any atom is -0.340 e. The van der Waals surface area contributed by atoms with Crippen molar-refractivity contribution in [3.63, 3.8) is 0 Å². The van der Waals surface area contributed by atoms with Gasteiger partial charge in [-0.2, -0.15) is 0 Å². The number of benzene rings is 4. The van der Waals surface area contributed by atoms with Crippen LogP contribution in [-0.4, -0.2) is 15.0 Å². The van der Waals surface area contributed by atoms with Crippen LogP contribution in [0.3, 0.4) is 0 Å². The Morgan fingerprint density at radius 3 is 2.04 bits per heavy atom. The largest absolute Gasteiger partial charge is 0.340 e. The Morgan fingerprint density at radius 1 is 0.696 bits per heavy atom. The Morgan fingerprint density at radius 2 is 1.33 bits per heavy atom. The van der Waals surface area contributed by atoms with Crippen molar-refractivity contribution in [3.05, 3.63) is 130 Å². The lowest BCUT2D eigenvalue weighted by Crippen LogP contribution is -2.28. The van der Waals surface area contributed by atoms with Gasteiger partial charge < -0.3 is 14.7 Å². The minimum absolute atomic E-state index is 0.351. The fourth-order valence-electron chi connectivity index (χ4n) is 7.17. The molecule has 5 aliphatic rings. The molecule has 0 atom stereocenters. The highest BCUT2D eigenvalue weighted by Crippen LogP contribution is 2.54. The van der Waals surface area contributed by atoms with E-state index in [9.17, 15) is 8.42 Å². The maximum atomic E-state index is 14.8. The predicted octanol–water partition coefficient (Wildman–Crippen LogP) is 10.6. The van der Waals surface area contributed by atoms with Crippen molar-refractivity contribution in [1.29, 1.82) is 0 Å². The summed E-state index contributed by atoms with van der Waals surface area (Å²) in [5.41, 5.74) is 7.70. The lowest BCUT2D eigenvalue weighted by Gasteiger charge is -2.38. The summed E-state index contributed by atoms with van der Waals surface area (Å²) in [5.74, 6) is 0. The number of hydrogen-bond acceptors (Lipinski definition) is 7. The molecule has 9 rings (SSSR count). The van der Waals surface area contributed by atoms with Crippen LogP contribution in [0.15, 0.2) is 150 Å². The summed E-state index contributed by atoms with van der Waals surface area (Å²) in [4.78, 5) is 12.1. The second-order valence-electron chi connectivity index (χ2n) is 11.8. The smallest absolute Gasteiger partial charge is 0.210 e. The predicted molar refractivity (Wildman–Crippen MR) is 191 cm³/mol. The maximum absolute atomic E-state index is 14.8. The molecule has 0 saturated heterocycles. The van der Waals surface area contributed by atoms with Crippen molar-refractivity contribution in [2.75, 3.05) is 21.2 Å². The molecule has 228 valence electrons. The Kier molecular flexibility index (Phi) is 6.56. The molecule has 0 aromatic heterocycles. The number of sulfone groups is 1. The van der Waals surface area contributed by atoms with Crippen molar-refractivity contribution < 1.29 is 8.42 Å². The van der Waals surface area contributed by atoms with Gasteiger partial charge >= 0.3 is 0 Å². The average molecular weight is 658 g/mol. The topological polar surface area (TPSA) is 43.9 Å². The minimum atomic E-state index is -3.85. The van der Waals surface area contributed by atoms with Gasteiger partial charge in [-0.05, 0) is 93.3 Å². The van der Waals surface area contributed by atoms with E-state index in [-0.39, 0.29) is 0 Å². The van der Waals surface area contributed by atoms with Gasteiger partial charge in [-0.1, -0.05) is 72.1 Å². The lowest BCUT2D eigenvalue weighted by molar-refractivity contribution is 0.594. The third-order valence-electron chi connectivity index (χ3n) is 9.23. The summed E-state index contributed by atoms with van der Waals surface area (Å²) >= 11 is 3.58. The van der Waals surface area contributed by atoms with Crippen LogP contribution in [0, 0.1) is 0 Å². The van der Waals surface area contributed by atoms with Crippen LogP contribution in [-0.2, 0) is 9.84 Å². The van der Waals surface area contributed by atoms with Gasteiger partial charge in [-0.25, -0.2) is 8.42 Å². The highest BCUT2D eigenvalue weighted by Gasteiger charge is 2.37. The Balaban J connectivity index is 1.20. The highest BCUT2D eigenvalue weighted by molar-refractivity contribution is 8.03. The van der Waals surface area contributed by atoms with Gasteiger partial charge in [0.1, 0.15) is 0 Å². The van der Waals surface area contributed by atoms with Crippen LogP contribution in [0.1, 0.15) is 32.6 Å². The van der Waals surface area contributed by atoms with E-state index in [1.54, 1.807) is 23.5 Å². The molecule has 3 aliphatic heterocycles. The van der Waals surface area contributed by atoms with E-state index in [0.717, 1.165) is 65.5 Å². The van der Waals surface area contributed by atoms with Crippen LogP contribution >= 0.6 is 23.5 Å². The number of hydrogen-bond donors (Lipinski definition) is 0. The summed E-state index contributed by atoms with van der Waals surface area (Å²) in [6.07, 6.45) is 12.9. The molecule has 5 nitrogen and oxygen atoms in total. The number of fused-ring (bicyclic) bond motifs is 5. The van der Waals surface area contributed by atoms with E-state index >= 15 is 0 Å². The molecule has 0 bridgehead atoms. The lowest BCUT2D eigenvalue weighted by atomic mass is 10.1. The van der Waals surface area contributed by atoms with Crippen LogP contribution in [0.25, 0.3) is 0 Å². The molecule has 0 unspecified atom stereocenters. The SMILES string of the molecule is CCN1c2ccc(N3C4=CCCC=C4Sc4ccccc43)cc2S(=O)(=O)c2cc(N3C4=C(C=CCC4)Sc4ccccc43)ccc21. The van der Waals surface area contributed by atoms with Gasteiger partial charge in [0.25, 0.3) is 0 Å². The monoisotopic (exact) mass is 657 g/mol. The molecule has 4 aromatic rings. The molecule has 46 heavy (non-hydrogen) atoms. The number of allylic oxidation sites excluding steroid dienone is 5. The van der Waals surface area contributed by atoms with Crippen molar-refractivity contribution in [2.45, 2.75) is 52.2 Å². The normalized spacial score (nSPS) is 18.8. The standard InChI is InChI=1S/C38H31N3O2S3/c1-2-39-31-21-19-25(40-27-11-3-7-15-33(27)44-34-16-8-4-12-28(34)40)23-37(31)46(42,43)38-24-26(20-22-32(38)39)41-29-13-5-9-17-35(29)45-36-18-10-6-14-30(36)41/h3,5,7-9,11,13-24H,2,4,6,10,12H2,1H3. The fraction of sp³-hybridized carbons (Fsp3) is 0.158. The summed E-state index contributed by atoms with van der Waals surface area (Å²) in [6.45, 7) is 2.73. The van der Waals surface area contributed by atoms with Gasteiger partial charge in [-0.15, -0.1) is 0 Å². The van der Waals surface area contributed by atoms with E-state index < -0.39 is 9.84 Å². The second kappa shape index (κ2) is 10.7. The van der Waals surface area contributed by atoms with Crippen LogP contribution in [0.5, 0.6) is 0 Å². The molecule has 0 fully saturated rings. The second-order valence-corrected chi connectivity index (χ2v) is 15.9. The number of nitrogens with zero attached hydrogens (tertiary/aromatic N) is 3. The summed E-state index contributed by atoms with van der Waals surface area (Å²) in [6, 6.07) is 28.7. The third-order valence-corrected chi connectivity index (χ3v) is 13.4. The number of para-hydroxylation sites is 2. The molecule has 0 N–H and O–H groups in total. The highest BCUT2D eigenvalue weighted by atomic mass is 32.2. The van der Waals surface area contributed by atoms with Gasteiger partial charge in [-0.3, -0.25) is 0 Å². The first-order chi connectivity index (χ1) is 22.5. The van der Waals surface area contributed by atoms with Gasteiger partial charge in [0.15, 0.2) is 0 Å². The zero-order chi connectivity index (χ0) is 31.0. The molecular formula is C38H31N3O2S3. The Bertz CT molecular complexity index is 2200. The van der Waals surface area contributed by atoms with Crippen LogP contribution in [0.2, 0.25) is 0 Å². The maximum Gasteiger partial charge on any atom is 0.210 e. The molecule has 0 amide bonds. The first kappa shape index (κ1) is 28.1.